The van der Waals surface area contributed by atoms with Crippen LogP contribution < -0.4 is 14.9 Å². The Hall–Kier alpha value is -2.55. The summed E-state index contributed by atoms with van der Waals surface area (Å²) < 4.78 is 5.66. The van der Waals surface area contributed by atoms with Crippen molar-refractivity contribution in [3.05, 3.63) is 73.7 Å². The van der Waals surface area contributed by atoms with Gasteiger partial charge in [-0.3, -0.25) is 14.4 Å². The zero-order valence-electron chi connectivity index (χ0n) is 15.4. The van der Waals surface area contributed by atoms with Gasteiger partial charge in [0.15, 0.2) is 0 Å². The first-order valence-electron chi connectivity index (χ1n) is 9.19. The van der Waals surface area contributed by atoms with E-state index in [1.54, 1.807) is 36.4 Å². The van der Waals surface area contributed by atoms with Crippen LogP contribution in [0.4, 0.5) is 5.69 Å². The molecule has 2 aliphatic rings. The summed E-state index contributed by atoms with van der Waals surface area (Å²) in [5.74, 6) is -0.369. The van der Waals surface area contributed by atoms with Crippen molar-refractivity contribution < 1.29 is 14.3 Å². The number of nitrogens with one attached hydrogen (secondary N) is 2. The number of halogens is 1. The van der Waals surface area contributed by atoms with E-state index >= 15 is 0 Å². The molecule has 152 valence electrons. The maximum absolute atomic E-state index is 13.2. The van der Waals surface area contributed by atoms with Gasteiger partial charge >= 0.3 is 10.8 Å². The number of fused-ring (bicyclic) bond motifs is 5. The SMILES string of the molecule is O=C(CC12CSc3[nH]c(=O)sc3C1c1ccccc1OC2=O)Nc1ccc(Cl)cc1. The van der Waals surface area contributed by atoms with Gasteiger partial charge < -0.3 is 15.0 Å². The lowest BCUT2D eigenvalue weighted by Crippen LogP contribution is -2.49. The molecule has 0 saturated heterocycles. The molecule has 9 heteroatoms. The third kappa shape index (κ3) is 3.15. The van der Waals surface area contributed by atoms with Crippen LogP contribution in [-0.2, 0) is 9.59 Å². The highest BCUT2D eigenvalue weighted by atomic mass is 35.5. The number of esters is 1. The van der Waals surface area contributed by atoms with Crippen molar-refractivity contribution in [2.75, 3.05) is 11.1 Å². The summed E-state index contributed by atoms with van der Waals surface area (Å²) >= 11 is 8.37. The summed E-state index contributed by atoms with van der Waals surface area (Å²) in [5.41, 5.74) is 0.304. The number of thioether (sulfide) groups is 1. The van der Waals surface area contributed by atoms with Crippen LogP contribution >= 0.6 is 34.7 Å². The quantitative estimate of drug-likeness (QED) is 0.452. The lowest BCUT2D eigenvalue weighted by molar-refractivity contribution is -0.149. The molecule has 30 heavy (non-hydrogen) atoms. The minimum Gasteiger partial charge on any atom is -0.426 e. The van der Waals surface area contributed by atoms with Crippen LogP contribution in [0, 0.1) is 5.41 Å². The fourth-order valence-electron chi connectivity index (χ4n) is 4.04. The highest BCUT2D eigenvalue weighted by Gasteiger charge is 2.57. The molecule has 2 atom stereocenters. The second kappa shape index (κ2) is 7.30. The predicted molar refractivity (Wildman–Crippen MR) is 117 cm³/mol. The van der Waals surface area contributed by atoms with Crippen molar-refractivity contribution in [1.29, 1.82) is 0 Å². The lowest BCUT2D eigenvalue weighted by atomic mass is 9.68. The molecule has 0 bridgehead atoms. The standard InChI is InChI=1S/C21H15ClN2O4S2/c22-11-5-7-12(8-6-11)23-15(25)9-21-10-29-18-17(30-20(27)24-18)16(21)13-3-1-2-4-14(13)28-19(21)26/h1-8,16H,9-10H2,(H,23,25)(H,24,27). The minimum absolute atomic E-state index is 0.0635. The summed E-state index contributed by atoms with van der Waals surface area (Å²) in [6.45, 7) is 0. The van der Waals surface area contributed by atoms with Gasteiger partial charge in [-0.05, 0) is 30.3 Å². The Kier molecular flexibility index (Phi) is 4.72. The average molecular weight is 459 g/mol. The number of amides is 1. The van der Waals surface area contributed by atoms with E-state index in [9.17, 15) is 14.4 Å². The first-order valence-corrected chi connectivity index (χ1v) is 11.4. The van der Waals surface area contributed by atoms with E-state index in [4.69, 9.17) is 16.3 Å². The molecule has 0 fully saturated rings. The molecule has 5 rings (SSSR count). The maximum atomic E-state index is 13.2. The van der Waals surface area contributed by atoms with E-state index in [1.165, 1.54) is 11.8 Å². The number of anilines is 1. The highest BCUT2D eigenvalue weighted by molar-refractivity contribution is 7.99. The minimum atomic E-state index is -1.10. The lowest BCUT2D eigenvalue weighted by Gasteiger charge is -2.44. The van der Waals surface area contributed by atoms with Crippen LogP contribution in [0.3, 0.4) is 0 Å². The second-order valence-electron chi connectivity index (χ2n) is 7.24. The number of thiazole rings is 1. The van der Waals surface area contributed by atoms with E-state index < -0.39 is 17.3 Å². The van der Waals surface area contributed by atoms with Gasteiger partial charge in [0.05, 0.1) is 10.4 Å². The van der Waals surface area contributed by atoms with Gasteiger partial charge in [-0.25, -0.2) is 0 Å². The summed E-state index contributed by atoms with van der Waals surface area (Å²) in [6.07, 6.45) is -0.0635. The molecule has 2 aliphatic heterocycles. The van der Waals surface area contributed by atoms with Gasteiger partial charge in [0.2, 0.25) is 5.91 Å². The molecule has 2 N–H and O–H groups in total. The van der Waals surface area contributed by atoms with Crippen LogP contribution in [-0.4, -0.2) is 22.6 Å². The molecule has 6 nitrogen and oxygen atoms in total. The molecule has 2 unspecified atom stereocenters. The first-order chi connectivity index (χ1) is 14.5. The average Bonchev–Trinajstić information content (AvgIpc) is 3.10. The first kappa shape index (κ1) is 19.4. The highest BCUT2D eigenvalue weighted by Crippen LogP contribution is 2.58. The van der Waals surface area contributed by atoms with Gasteiger partial charge in [0, 0.05) is 39.2 Å². The monoisotopic (exact) mass is 458 g/mol. The van der Waals surface area contributed by atoms with Gasteiger partial charge in [-0.15, -0.1) is 11.8 Å². The molecule has 1 aromatic heterocycles. The van der Waals surface area contributed by atoms with Gasteiger partial charge in [0.25, 0.3) is 0 Å². The van der Waals surface area contributed by atoms with Crippen molar-refractivity contribution >= 4 is 52.3 Å². The number of hydrogen-bond donors (Lipinski definition) is 2. The van der Waals surface area contributed by atoms with Gasteiger partial charge in [-0.2, -0.15) is 0 Å². The summed E-state index contributed by atoms with van der Waals surface area (Å²) in [7, 11) is 0. The van der Waals surface area contributed by atoms with Crippen molar-refractivity contribution in [3.63, 3.8) is 0 Å². The third-order valence-electron chi connectivity index (χ3n) is 5.37. The fourth-order valence-corrected chi connectivity index (χ4v) is 6.71. The molecular formula is C21H15ClN2O4S2. The molecule has 2 aromatic carbocycles. The summed E-state index contributed by atoms with van der Waals surface area (Å²) in [4.78, 5) is 41.7. The molecule has 0 spiro atoms. The number of aromatic amines is 1. The van der Waals surface area contributed by atoms with E-state index in [1.807, 2.05) is 12.1 Å². The molecular weight excluding hydrogens is 444 g/mol. The number of carbonyl (C=O) groups excluding carboxylic acids is 2. The van der Waals surface area contributed by atoms with E-state index in [0.29, 0.717) is 22.2 Å². The van der Waals surface area contributed by atoms with E-state index in [-0.39, 0.29) is 17.2 Å². The fraction of sp³-hybridized carbons (Fsp3) is 0.190. The van der Waals surface area contributed by atoms with Crippen LogP contribution in [0.15, 0.2) is 58.4 Å². The summed E-state index contributed by atoms with van der Waals surface area (Å²) in [5, 5.41) is 4.16. The van der Waals surface area contributed by atoms with E-state index in [2.05, 4.69) is 10.3 Å². The molecule has 1 amide bonds. The van der Waals surface area contributed by atoms with Crippen molar-refractivity contribution in [3.8, 4) is 5.75 Å². The number of carbonyl (C=O) groups is 2. The predicted octanol–water partition coefficient (Wildman–Crippen LogP) is 4.26. The van der Waals surface area contributed by atoms with E-state index in [0.717, 1.165) is 26.8 Å². The Morgan fingerprint density at radius 2 is 1.97 bits per heavy atom. The summed E-state index contributed by atoms with van der Waals surface area (Å²) in [6, 6.07) is 14.1. The molecule has 3 heterocycles. The Labute approximate surface area is 184 Å². The third-order valence-corrected chi connectivity index (χ3v) is 7.97. The van der Waals surface area contributed by atoms with Crippen LogP contribution in [0.2, 0.25) is 5.02 Å². The van der Waals surface area contributed by atoms with Crippen LogP contribution in [0.1, 0.15) is 22.8 Å². The number of aromatic nitrogens is 1. The molecule has 0 saturated carbocycles. The molecule has 3 aromatic rings. The number of ether oxygens (including phenoxy) is 1. The topological polar surface area (TPSA) is 88.3 Å². The Morgan fingerprint density at radius 1 is 1.20 bits per heavy atom. The largest absolute Gasteiger partial charge is 0.426 e. The van der Waals surface area contributed by atoms with Crippen molar-refractivity contribution in [2.24, 2.45) is 5.41 Å². The van der Waals surface area contributed by atoms with Gasteiger partial charge in [0.1, 0.15) is 5.75 Å². The van der Waals surface area contributed by atoms with Crippen molar-refractivity contribution in [2.45, 2.75) is 17.4 Å². The van der Waals surface area contributed by atoms with Gasteiger partial charge in [-0.1, -0.05) is 41.1 Å². The number of benzene rings is 2. The molecule has 0 radical (unpaired) electrons. The number of rotatable bonds is 3. The zero-order valence-corrected chi connectivity index (χ0v) is 17.8. The second-order valence-corrected chi connectivity index (χ2v) is 9.68. The Bertz CT molecular complexity index is 1220. The normalized spacial score (nSPS) is 21.8. The molecule has 0 aliphatic carbocycles. The Morgan fingerprint density at radius 3 is 2.77 bits per heavy atom. The smallest absolute Gasteiger partial charge is 0.319 e. The Balaban J connectivity index is 1.56. The van der Waals surface area contributed by atoms with Crippen molar-refractivity contribution in [1.82, 2.24) is 4.98 Å². The number of hydrogen-bond acceptors (Lipinski definition) is 6. The zero-order chi connectivity index (χ0) is 20.9. The van der Waals surface area contributed by atoms with Crippen LogP contribution in [0.25, 0.3) is 0 Å². The van der Waals surface area contributed by atoms with Crippen LogP contribution in [0.5, 0.6) is 5.75 Å². The number of H-pyrrole nitrogens is 1. The maximum Gasteiger partial charge on any atom is 0.319 e. The number of para-hydroxylation sites is 1.